The Bertz CT molecular complexity index is 1140. The maximum absolute atomic E-state index is 14.2. The van der Waals surface area contributed by atoms with E-state index in [1.165, 1.54) is 43.5 Å². The molecule has 0 spiro atoms. The van der Waals surface area contributed by atoms with Crippen molar-refractivity contribution in [2.24, 2.45) is 0 Å². The second kappa shape index (κ2) is 9.11. The van der Waals surface area contributed by atoms with Gasteiger partial charge < -0.3 is 14.6 Å². The van der Waals surface area contributed by atoms with Crippen molar-refractivity contribution in [3.63, 3.8) is 0 Å². The molecule has 1 heterocycles. The number of thiocarbonyl (C=S) groups is 1. The molecule has 2 N–H and O–H groups in total. The number of nitrogens with one attached hydrogen (secondary N) is 1. The van der Waals surface area contributed by atoms with Crippen LogP contribution in [0.2, 0.25) is 5.02 Å². The predicted octanol–water partition coefficient (Wildman–Crippen LogP) is 2.78. The van der Waals surface area contributed by atoms with E-state index in [1.807, 2.05) is 0 Å². The summed E-state index contributed by atoms with van der Waals surface area (Å²) in [5, 5.41) is 10.9. The lowest BCUT2D eigenvalue weighted by atomic mass is 10.1. The average Bonchev–Trinajstić information content (AvgIpc) is 2.71. The Hall–Kier alpha value is -3.50. The highest BCUT2D eigenvalue weighted by Crippen LogP contribution is 2.37. The summed E-state index contributed by atoms with van der Waals surface area (Å²) in [7, 11) is 1.31. The summed E-state index contributed by atoms with van der Waals surface area (Å²) in [4.78, 5) is 37.0. The number of ether oxygens (including phenoxy) is 2. The number of carbonyl (C=O) groups is 3. The molecule has 0 aromatic heterocycles. The van der Waals surface area contributed by atoms with Gasteiger partial charge in [-0.15, -0.1) is 0 Å². The minimum Gasteiger partial charge on any atom is -0.493 e. The first-order valence-corrected chi connectivity index (χ1v) is 9.39. The zero-order valence-corrected chi connectivity index (χ0v) is 17.4. The van der Waals surface area contributed by atoms with Gasteiger partial charge >= 0.3 is 5.97 Å². The monoisotopic (exact) mass is 464 g/mol. The molecule has 160 valence electrons. The normalized spacial score (nSPS) is 15.1. The molecule has 1 fully saturated rings. The Morgan fingerprint density at radius 2 is 2.03 bits per heavy atom. The van der Waals surface area contributed by atoms with E-state index in [-0.39, 0.29) is 38.5 Å². The summed E-state index contributed by atoms with van der Waals surface area (Å²) in [5.74, 6) is -3.44. The van der Waals surface area contributed by atoms with Crippen LogP contribution >= 0.6 is 23.8 Å². The van der Waals surface area contributed by atoms with Gasteiger partial charge in [0, 0.05) is 0 Å². The van der Waals surface area contributed by atoms with Gasteiger partial charge in [0.15, 0.2) is 23.2 Å². The van der Waals surface area contributed by atoms with Crippen LogP contribution in [0, 0.1) is 5.82 Å². The molecular formula is C20H14ClFN2O6S. The highest BCUT2D eigenvalue weighted by Gasteiger charge is 2.35. The van der Waals surface area contributed by atoms with E-state index >= 15 is 0 Å². The van der Waals surface area contributed by atoms with Gasteiger partial charge in [0.1, 0.15) is 11.4 Å². The van der Waals surface area contributed by atoms with Gasteiger partial charge in [-0.05, 0) is 48.1 Å². The number of carboxylic acid groups (broad SMARTS) is 1. The lowest BCUT2D eigenvalue weighted by Gasteiger charge is -2.29. The first-order chi connectivity index (χ1) is 14.7. The summed E-state index contributed by atoms with van der Waals surface area (Å²) in [6, 6.07) is 8.24. The molecule has 1 aliphatic rings. The van der Waals surface area contributed by atoms with Crippen molar-refractivity contribution in [1.82, 2.24) is 5.32 Å². The van der Waals surface area contributed by atoms with Crippen LogP contribution in [-0.2, 0) is 14.4 Å². The van der Waals surface area contributed by atoms with Gasteiger partial charge in [-0.3, -0.25) is 14.9 Å². The first-order valence-electron chi connectivity index (χ1n) is 8.61. The summed E-state index contributed by atoms with van der Waals surface area (Å²) in [6.45, 7) is -0.646. The van der Waals surface area contributed by atoms with E-state index in [9.17, 15) is 18.8 Å². The molecular weight excluding hydrogens is 451 g/mol. The van der Waals surface area contributed by atoms with E-state index in [0.717, 1.165) is 11.0 Å². The number of benzene rings is 2. The van der Waals surface area contributed by atoms with Gasteiger partial charge in [-0.2, -0.15) is 0 Å². The summed E-state index contributed by atoms with van der Waals surface area (Å²) in [6.07, 6.45) is 1.22. The number of methoxy groups -OCH3 is 1. The fourth-order valence-electron chi connectivity index (χ4n) is 2.77. The van der Waals surface area contributed by atoms with Crippen LogP contribution in [0.25, 0.3) is 6.08 Å². The second-order valence-corrected chi connectivity index (χ2v) is 6.92. The minimum absolute atomic E-state index is 0.00222. The van der Waals surface area contributed by atoms with Gasteiger partial charge in [-0.25, -0.2) is 14.1 Å². The third-order valence-electron chi connectivity index (χ3n) is 4.10. The van der Waals surface area contributed by atoms with Crippen molar-refractivity contribution in [2.45, 2.75) is 0 Å². The van der Waals surface area contributed by atoms with Crippen LogP contribution in [0.4, 0.5) is 10.1 Å². The third kappa shape index (κ3) is 4.65. The van der Waals surface area contributed by atoms with Crippen molar-refractivity contribution in [3.8, 4) is 11.5 Å². The Kier molecular flexibility index (Phi) is 6.52. The average molecular weight is 465 g/mol. The summed E-state index contributed by atoms with van der Waals surface area (Å²) >= 11 is 11.2. The number of carbonyl (C=O) groups excluding carboxylic acids is 2. The van der Waals surface area contributed by atoms with Crippen LogP contribution in [-0.4, -0.2) is 41.7 Å². The number of hydrogen-bond donors (Lipinski definition) is 2. The summed E-state index contributed by atoms with van der Waals surface area (Å²) in [5.41, 5.74) is -0.157. The van der Waals surface area contributed by atoms with E-state index in [2.05, 4.69) is 5.32 Å². The topological polar surface area (TPSA) is 105 Å². The number of nitrogens with zero attached hydrogens (tertiary/aromatic N) is 1. The van der Waals surface area contributed by atoms with E-state index in [1.54, 1.807) is 0 Å². The molecule has 0 aliphatic carbocycles. The van der Waals surface area contributed by atoms with Crippen molar-refractivity contribution < 1.29 is 33.4 Å². The van der Waals surface area contributed by atoms with E-state index in [4.69, 9.17) is 38.4 Å². The largest absolute Gasteiger partial charge is 0.493 e. The molecule has 0 bridgehead atoms. The molecule has 1 saturated heterocycles. The Morgan fingerprint density at radius 1 is 1.32 bits per heavy atom. The standard InChI is InChI=1S/C20H14ClFN2O6S/c1-29-15-8-10(7-12(21)17(15)30-9-16(25)26)6-11-18(27)23-20(31)24(19(11)28)14-5-3-2-4-13(14)22/h2-8H,9H2,1H3,(H,25,26)(H,23,27,31)/b11-6+. The molecule has 3 rings (SSSR count). The maximum Gasteiger partial charge on any atom is 0.341 e. The molecule has 31 heavy (non-hydrogen) atoms. The molecule has 2 aromatic rings. The molecule has 8 nitrogen and oxygen atoms in total. The zero-order valence-electron chi connectivity index (χ0n) is 15.8. The Balaban J connectivity index is 2.01. The number of carboxylic acids is 1. The molecule has 0 radical (unpaired) electrons. The van der Waals surface area contributed by atoms with Crippen LogP contribution < -0.4 is 19.7 Å². The Morgan fingerprint density at radius 3 is 2.68 bits per heavy atom. The van der Waals surface area contributed by atoms with Crippen molar-refractivity contribution in [2.75, 3.05) is 18.6 Å². The molecule has 2 amide bonds. The third-order valence-corrected chi connectivity index (χ3v) is 4.66. The molecule has 11 heteroatoms. The highest BCUT2D eigenvalue weighted by molar-refractivity contribution is 7.80. The number of aliphatic carboxylic acids is 1. The SMILES string of the molecule is COc1cc(/C=C2\C(=O)NC(=S)N(c3ccccc3F)C2=O)cc(Cl)c1OCC(=O)O. The van der Waals surface area contributed by atoms with Crippen molar-refractivity contribution in [1.29, 1.82) is 0 Å². The van der Waals surface area contributed by atoms with Gasteiger partial charge in [0.05, 0.1) is 17.8 Å². The van der Waals surface area contributed by atoms with Gasteiger partial charge in [0.25, 0.3) is 11.8 Å². The number of anilines is 1. The number of halogens is 2. The smallest absolute Gasteiger partial charge is 0.341 e. The number of rotatable bonds is 6. The molecule has 0 saturated carbocycles. The fraction of sp³-hybridized carbons (Fsp3) is 0.100. The van der Waals surface area contributed by atoms with E-state index in [0.29, 0.717) is 0 Å². The zero-order chi connectivity index (χ0) is 22.7. The second-order valence-electron chi connectivity index (χ2n) is 6.13. The van der Waals surface area contributed by atoms with Crippen LogP contribution in [0.3, 0.4) is 0 Å². The number of para-hydroxylation sites is 1. The van der Waals surface area contributed by atoms with Gasteiger partial charge in [-0.1, -0.05) is 23.7 Å². The van der Waals surface area contributed by atoms with Crippen LogP contribution in [0.15, 0.2) is 42.0 Å². The first kappa shape index (κ1) is 22.2. The lowest BCUT2D eigenvalue weighted by Crippen LogP contribution is -2.54. The fourth-order valence-corrected chi connectivity index (χ4v) is 3.32. The molecule has 1 aliphatic heterocycles. The number of hydrogen-bond acceptors (Lipinski definition) is 6. The quantitative estimate of drug-likeness (QED) is 0.384. The van der Waals surface area contributed by atoms with Gasteiger partial charge in [0.2, 0.25) is 0 Å². The van der Waals surface area contributed by atoms with Crippen LogP contribution in [0.5, 0.6) is 11.5 Å². The minimum atomic E-state index is -1.21. The Labute approximate surface area is 185 Å². The molecule has 2 aromatic carbocycles. The lowest BCUT2D eigenvalue weighted by molar-refractivity contribution is -0.139. The van der Waals surface area contributed by atoms with Crippen molar-refractivity contribution in [3.05, 3.63) is 58.4 Å². The predicted molar refractivity (Wildman–Crippen MR) is 114 cm³/mol. The van der Waals surface area contributed by atoms with Crippen LogP contribution in [0.1, 0.15) is 5.56 Å². The number of amides is 2. The molecule has 0 atom stereocenters. The summed E-state index contributed by atoms with van der Waals surface area (Å²) < 4.78 is 24.5. The maximum atomic E-state index is 14.2. The van der Waals surface area contributed by atoms with Crippen molar-refractivity contribution >= 4 is 58.5 Å². The van der Waals surface area contributed by atoms with E-state index < -0.39 is 30.2 Å². The molecule has 0 unspecified atom stereocenters. The highest BCUT2D eigenvalue weighted by atomic mass is 35.5.